The fourth-order valence-electron chi connectivity index (χ4n) is 4.07. The van der Waals surface area contributed by atoms with Gasteiger partial charge in [0.25, 0.3) is 0 Å². The van der Waals surface area contributed by atoms with E-state index >= 15 is 0 Å². The van der Waals surface area contributed by atoms with Crippen molar-refractivity contribution in [2.24, 2.45) is 0 Å². The molecular weight excluding hydrogens is 450 g/mol. The highest BCUT2D eigenvalue weighted by Gasteiger charge is 2.12. The molecule has 3 N–H and O–H groups in total. The van der Waals surface area contributed by atoms with Gasteiger partial charge in [0, 0.05) is 58.9 Å². The molecule has 4 aromatic heterocycles. The number of aromatic amines is 2. The fourth-order valence-corrected chi connectivity index (χ4v) is 4.07. The van der Waals surface area contributed by atoms with E-state index in [9.17, 15) is 4.79 Å². The van der Waals surface area contributed by atoms with Crippen molar-refractivity contribution in [2.75, 3.05) is 5.32 Å². The molecule has 0 radical (unpaired) electrons. The first-order chi connectivity index (χ1) is 17.7. The standard InChI is InChI=1S/C28H21N7O/c36-26(13-18-7-10-29-11-8-18)25-14-20-1-2-21(15-24(20)34-25)28-30-12-9-27(35-28)33-23-5-3-19(4-6-23)22-16-31-32-17-22/h1-12,14-17,34H,13H2,(H,31,32)(H,30,33,35). The van der Waals surface area contributed by atoms with Gasteiger partial charge in [0.15, 0.2) is 11.6 Å². The van der Waals surface area contributed by atoms with Crippen molar-refractivity contribution in [1.29, 1.82) is 0 Å². The first-order valence-corrected chi connectivity index (χ1v) is 11.5. The van der Waals surface area contributed by atoms with Gasteiger partial charge < -0.3 is 10.3 Å². The Labute approximate surface area is 206 Å². The third kappa shape index (κ3) is 4.47. The van der Waals surface area contributed by atoms with E-state index in [-0.39, 0.29) is 5.78 Å². The van der Waals surface area contributed by atoms with Gasteiger partial charge in [0.05, 0.1) is 11.9 Å². The van der Waals surface area contributed by atoms with E-state index in [0.29, 0.717) is 23.8 Å². The Morgan fingerprint density at radius 2 is 1.69 bits per heavy atom. The maximum Gasteiger partial charge on any atom is 0.183 e. The number of nitrogens with one attached hydrogen (secondary N) is 3. The highest BCUT2D eigenvalue weighted by atomic mass is 16.1. The Hall–Kier alpha value is -5.11. The van der Waals surface area contributed by atoms with Gasteiger partial charge in [-0.05, 0) is 53.6 Å². The molecule has 0 saturated carbocycles. The molecule has 0 aliphatic carbocycles. The van der Waals surface area contributed by atoms with Crippen LogP contribution in [0.2, 0.25) is 0 Å². The minimum absolute atomic E-state index is 0.0279. The van der Waals surface area contributed by atoms with Crippen LogP contribution in [-0.4, -0.2) is 35.9 Å². The van der Waals surface area contributed by atoms with Crippen LogP contribution < -0.4 is 5.32 Å². The van der Waals surface area contributed by atoms with Crippen LogP contribution in [0.25, 0.3) is 33.4 Å². The van der Waals surface area contributed by atoms with Crippen molar-refractivity contribution >= 4 is 28.2 Å². The van der Waals surface area contributed by atoms with Gasteiger partial charge in [0.2, 0.25) is 0 Å². The average molecular weight is 472 g/mol. The minimum atomic E-state index is 0.0279. The van der Waals surface area contributed by atoms with Gasteiger partial charge in [-0.25, -0.2) is 9.97 Å². The van der Waals surface area contributed by atoms with Crippen molar-refractivity contribution in [3.8, 4) is 22.5 Å². The lowest BCUT2D eigenvalue weighted by Gasteiger charge is -2.08. The van der Waals surface area contributed by atoms with Gasteiger partial charge in [-0.1, -0.05) is 24.3 Å². The molecule has 0 saturated heterocycles. The van der Waals surface area contributed by atoms with Crippen molar-refractivity contribution in [1.82, 2.24) is 30.1 Å². The number of carbonyl (C=O) groups excluding carboxylic acids is 1. The number of hydrogen-bond acceptors (Lipinski definition) is 6. The van der Waals surface area contributed by atoms with E-state index < -0.39 is 0 Å². The lowest BCUT2D eigenvalue weighted by atomic mass is 10.1. The minimum Gasteiger partial charge on any atom is -0.352 e. The zero-order chi connectivity index (χ0) is 24.3. The SMILES string of the molecule is O=C(Cc1ccncc1)c1cc2ccc(-c3nccc(Nc4ccc(-c5cn[nH]c5)cc4)n3)cc2[nH]1. The summed E-state index contributed by atoms with van der Waals surface area (Å²) in [6, 6.07) is 21.4. The highest BCUT2D eigenvalue weighted by molar-refractivity contribution is 6.01. The van der Waals surface area contributed by atoms with Crippen LogP contribution in [0.1, 0.15) is 16.1 Å². The predicted octanol–water partition coefficient (Wildman–Crippen LogP) is 5.58. The number of H-pyrrole nitrogens is 2. The number of nitrogens with zero attached hydrogens (tertiary/aromatic N) is 4. The maximum atomic E-state index is 12.8. The van der Waals surface area contributed by atoms with E-state index in [0.717, 1.165) is 38.8 Å². The second-order valence-electron chi connectivity index (χ2n) is 8.40. The molecule has 174 valence electrons. The topological polar surface area (TPSA) is 112 Å². The fraction of sp³-hybridized carbons (Fsp3) is 0.0357. The van der Waals surface area contributed by atoms with Gasteiger partial charge in [0.1, 0.15) is 5.82 Å². The number of fused-ring (bicyclic) bond motifs is 1. The summed E-state index contributed by atoms with van der Waals surface area (Å²) in [6.45, 7) is 0. The molecule has 0 unspecified atom stereocenters. The number of anilines is 2. The normalized spacial score (nSPS) is 11.0. The molecule has 6 aromatic rings. The smallest absolute Gasteiger partial charge is 0.183 e. The van der Waals surface area contributed by atoms with Crippen molar-refractivity contribution in [3.05, 3.63) is 109 Å². The lowest BCUT2D eigenvalue weighted by Crippen LogP contribution is -2.03. The summed E-state index contributed by atoms with van der Waals surface area (Å²) in [6.07, 6.45) is 9.09. The number of pyridine rings is 1. The Morgan fingerprint density at radius 3 is 2.50 bits per heavy atom. The van der Waals surface area contributed by atoms with E-state index in [1.165, 1.54) is 0 Å². The number of aromatic nitrogens is 6. The molecule has 0 amide bonds. The largest absolute Gasteiger partial charge is 0.352 e. The Kier molecular flexibility index (Phi) is 5.51. The monoisotopic (exact) mass is 471 g/mol. The molecule has 6 rings (SSSR count). The Balaban J connectivity index is 1.21. The molecule has 8 nitrogen and oxygen atoms in total. The lowest BCUT2D eigenvalue weighted by molar-refractivity contribution is 0.0989. The molecule has 0 aliphatic rings. The van der Waals surface area contributed by atoms with Gasteiger partial charge >= 0.3 is 0 Å². The van der Waals surface area contributed by atoms with E-state index in [1.807, 2.05) is 72.9 Å². The molecule has 8 heteroatoms. The quantitative estimate of drug-likeness (QED) is 0.262. The summed E-state index contributed by atoms with van der Waals surface area (Å²) in [7, 11) is 0. The summed E-state index contributed by atoms with van der Waals surface area (Å²) < 4.78 is 0. The molecule has 36 heavy (non-hydrogen) atoms. The average Bonchev–Trinajstić information content (AvgIpc) is 3.60. The summed E-state index contributed by atoms with van der Waals surface area (Å²) >= 11 is 0. The van der Waals surface area contributed by atoms with E-state index in [4.69, 9.17) is 4.98 Å². The predicted molar refractivity (Wildman–Crippen MR) is 139 cm³/mol. The number of carbonyl (C=O) groups is 1. The molecule has 0 bridgehead atoms. The van der Waals surface area contributed by atoms with Crippen molar-refractivity contribution < 1.29 is 4.79 Å². The first kappa shape index (κ1) is 21.4. The van der Waals surface area contributed by atoms with Crippen LogP contribution in [0.5, 0.6) is 0 Å². The van der Waals surface area contributed by atoms with Crippen molar-refractivity contribution in [3.63, 3.8) is 0 Å². The third-order valence-corrected chi connectivity index (χ3v) is 5.94. The van der Waals surface area contributed by atoms with Gasteiger partial charge in [-0.2, -0.15) is 5.10 Å². The van der Waals surface area contributed by atoms with Crippen LogP contribution in [-0.2, 0) is 6.42 Å². The summed E-state index contributed by atoms with van der Waals surface area (Å²) in [5.74, 6) is 1.31. The van der Waals surface area contributed by atoms with Crippen molar-refractivity contribution in [2.45, 2.75) is 6.42 Å². The second kappa shape index (κ2) is 9.27. The van der Waals surface area contributed by atoms with Gasteiger partial charge in [-0.15, -0.1) is 0 Å². The van der Waals surface area contributed by atoms with E-state index in [1.54, 1.807) is 24.8 Å². The molecule has 0 aliphatic heterocycles. The summed E-state index contributed by atoms with van der Waals surface area (Å²) in [5, 5.41) is 11.1. The Morgan fingerprint density at radius 1 is 0.861 bits per heavy atom. The number of benzene rings is 2. The van der Waals surface area contributed by atoms with Crippen LogP contribution in [0.15, 0.2) is 97.7 Å². The summed E-state index contributed by atoms with van der Waals surface area (Å²) in [5.41, 5.74) is 6.27. The first-order valence-electron chi connectivity index (χ1n) is 11.5. The molecule has 0 atom stereocenters. The van der Waals surface area contributed by atoms with E-state index in [2.05, 4.69) is 30.5 Å². The number of ketones is 1. The van der Waals surface area contributed by atoms with Gasteiger partial charge in [-0.3, -0.25) is 14.9 Å². The number of Topliss-reactive ketones (excluding diaryl/α,β-unsaturated/α-hetero) is 1. The zero-order valence-electron chi connectivity index (χ0n) is 19.1. The second-order valence-corrected chi connectivity index (χ2v) is 8.40. The maximum absolute atomic E-state index is 12.8. The molecule has 0 spiro atoms. The highest BCUT2D eigenvalue weighted by Crippen LogP contribution is 2.25. The number of hydrogen-bond donors (Lipinski definition) is 3. The van der Waals surface area contributed by atoms with Crippen LogP contribution >= 0.6 is 0 Å². The summed E-state index contributed by atoms with van der Waals surface area (Å²) in [4.78, 5) is 29.2. The van der Waals surface area contributed by atoms with Crippen LogP contribution in [0.3, 0.4) is 0 Å². The van der Waals surface area contributed by atoms with Crippen LogP contribution in [0, 0.1) is 0 Å². The molecule has 0 fully saturated rings. The van der Waals surface area contributed by atoms with Crippen LogP contribution in [0.4, 0.5) is 11.5 Å². The molecule has 4 heterocycles. The molecular formula is C28H21N7O. The zero-order valence-corrected chi connectivity index (χ0v) is 19.1. The molecule has 2 aromatic carbocycles. The Bertz CT molecular complexity index is 1640. The number of rotatable bonds is 7. The third-order valence-electron chi connectivity index (χ3n) is 5.94.